The summed E-state index contributed by atoms with van der Waals surface area (Å²) in [6.45, 7) is 7.60. The van der Waals surface area contributed by atoms with Crippen LogP contribution in [0.5, 0.6) is 5.75 Å². The van der Waals surface area contributed by atoms with E-state index in [1.807, 2.05) is 12.1 Å². The molecule has 0 unspecified atom stereocenters. The lowest BCUT2D eigenvalue weighted by Crippen LogP contribution is -2.41. The highest BCUT2D eigenvalue weighted by molar-refractivity contribution is 5.89. The Hall–Kier alpha value is -3.51. The van der Waals surface area contributed by atoms with Gasteiger partial charge in [0, 0.05) is 34.8 Å². The summed E-state index contributed by atoms with van der Waals surface area (Å²) in [5.41, 5.74) is 3.99. The predicted molar refractivity (Wildman–Crippen MR) is 154 cm³/mol. The number of carbonyl (C=O) groups excluding carboxylic acids is 1. The normalized spacial score (nSPS) is 12.5. The number of rotatable bonds is 18. The van der Waals surface area contributed by atoms with E-state index in [0.29, 0.717) is 0 Å². The van der Waals surface area contributed by atoms with E-state index in [2.05, 4.69) is 57.4 Å². The van der Waals surface area contributed by atoms with Crippen molar-refractivity contribution in [1.82, 2.24) is 4.57 Å². The monoisotopic (exact) mass is 629 g/mol. The standard InChI is InChI=1S/C32H37F6NO5/c1-5-7-10-17-39-27-21-25(14-13-24(27)20-28(39)26-12-9-8-11-23(26)6-2)41-18-15-30(33,34)43-32(37,38)44-31(35,36)16-19-42-29(40)22(3)4/h8-9,11-14,20-21H,3,5-7,10,15-19H2,1-2,4H3. The maximum Gasteiger partial charge on any atom is 0.494 e. The van der Waals surface area contributed by atoms with Crippen LogP contribution in [0.15, 0.2) is 60.7 Å². The minimum Gasteiger partial charge on any atom is -0.493 e. The topological polar surface area (TPSA) is 58.9 Å². The van der Waals surface area contributed by atoms with E-state index in [1.54, 1.807) is 18.2 Å². The number of hydrogen-bond donors (Lipinski definition) is 0. The molecule has 0 saturated carbocycles. The molecular formula is C32H37F6NO5. The van der Waals surface area contributed by atoms with Crippen molar-refractivity contribution in [3.05, 3.63) is 66.2 Å². The van der Waals surface area contributed by atoms with Gasteiger partial charge >= 0.3 is 24.5 Å². The van der Waals surface area contributed by atoms with Crippen molar-refractivity contribution in [3.8, 4) is 17.0 Å². The summed E-state index contributed by atoms with van der Waals surface area (Å²) >= 11 is 0. The van der Waals surface area contributed by atoms with Gasteiger partial charge in [-0.3, -0.25) is 0 Å². The first-order valence-corrected chi connectivity index (χ1v) is 14.4. The third kappa shape index (κ3) is 10.0. The summed E-state index contributed by atoms with van der Waals surface area (Å²) in [5.74, 6) is -0.807. The average Bonchev–Trinajstić information content (AvgIpc) is 3.29. The highest BCUT2D eigenvalue weighted by Crippen LogP contribution is 2.37. The number of unbranched alkanes of at least 4 members (excludes halogenated alkanes) is 2. The van der Waals surface area contributed by atoms with Crippen molar-refractivity contribution in [2.45, 2.75) is 84.4 Å². The molecule has 12 heteroatoms. The fourth-order valence-corrected chi connectivity index (χ4v) is 4.53. The second kappa shape index (κ2) is 15.0. The first-order chi connectivity index (χ1) is 20.7. The Morgan fingerprint density at radius 2 is 1.55 bits per heavy atom. The summed E-state index contributed by atoms with van der Waals surface area (Å²) in [4.78, 5) is 11.2. The van der Waals surface area contributed by atoms with Crippen molar-refractivity contribution in [1.29, 1.82) is 0 Å². The molecule has 0 radical (unpaired) electrons. The van der Waals surface area contributed by atoms with Crippen LogP contribution in [0.4, 0.5) is 26.3 Å². The lowest BCUT2D eigenvalue weighted by atomic mass is 10.0. The molecular weight excluding hydrogens is 592 g/mol. The maximum absolute atomic E-state index is 14.2. The Balaban J connectivity index is 1.67. The van der Waals surface area contributed by atoms with Crippen LogP contribution in [0.25, 0.3) is 22.2 Å². The van der Waals surface area contributed by atoms with Gasteiger partial charge in [-0.2, -0.15) is 17.6 Å². The molecule has 242 valence electrons. The number of alkyl halides is 6. The number of esters is 1. The van der Waals surface area contributed by atoms with E-state index in [0.717, 1.165) is 54.4 Å². The number of carbonyl (C=O) groups is 1. The molecule has 0 amide bonds. The first kappa shape index (κ1) is 35.0. The van der Waals surface area contributed by atoms with Crippen LogP contribution in [0.3, 0.4) is 0 Å². The molecule has 0 atom stereocenters. The molecule has 2 aromatic carbocycles. The van der Waals surface area contributed by atoms with Gasteiger partial charge in [0.05, 0.1) is 31.6 Å². The zero-order chi connectivity index (χ0) is 32.5. The molecule has 0 saturated heterocycles. The third-order valence-corrected chi connectivity index (χ3v) is 6.71. The van der Waals surface area contributed by atoms with E-state index < -0.39 is 50.5 Å². The Kier molecular flexibility index (Phi) is 11.9. The van der Waals surface area contributed by atoms with E-state index >= 15 is 0 Å². The average molecular weight is 630 g/mol. The summed E-state index contributed by atoms with van der Waals surface area (Å²) in [6, 6.07) is 15.2. The number of fused-ring (bicyclic) bond motifs is 1. The van der Waals surface area contributed by atoms with Crippen molar-refractivity contribution in [2.24, 2.45) is 0 Å². The second-order valence-corrected chi connectivity index (χ2v) is 10.3. The molecule has 44 heavy (non-hydrogen) atoms. The van der Waals surface area contributed by atoms with Crippen LogP contribution in [-0.4, -0.2) is 42.3 Å². The molecule has 0 aliphatic heterocycles. The SMILES string of the molecule is C=C(C)C(=O)OCCC(F)(F)OC(F)(F)OC(F)(F)CCOc1ccc2cc(-c3ccccc3CC)n(CCCCC)c2c1. The Morgan fingerprint density at radius 3 is 2.18 bits per heavy atom. The molecule has 0 spiro atoms. The van der Waals surface area contributed by atoms with Crippen LogP contribution >= 0.6 is 0 Å². The highest BCUT2D eigenvalue weighted by Gasteiger charge is 2.52. The van der Waals surface area contributed by atoms with Gasteiger partial charge in [-0.25, -0.2) is 14.3 Å². The molecule has 1 heterocycles. The third-order valence-electron chi connectivity index (χ3n) is 6.71. The Bertz CT molecular complexity index is 1420. The molecule has 0 bridgehead atoms. The van der Waals surface area contributed by atoms with E-state index in [9.17, 15) is 31.1 Å². The predicted octanol–water partition coefficient (Wildman–Crippen LogP) is 9.11. The van der Waals surface area contributed by atoms with Crippen molar-refractivity contribution in [2.75, 3.05) is 13.2 Å². The van der Waals surface area contributed by atoms with Gasteiger partial charge in [0.1, 0.15) is 5.75 Å². The summed E-state index contributed by atoms with van der Waals surface area (Å²) < 4.78 is 102. The zero-order valence-corrected chi connectivity index (χ0v) is 24.9. The van der Waals surface area contributed by atoms with Crippen LogP contribution in [-0.2, 0) is 32.0 Å². The van der Waals surface area contributed by atoms with Crippen molar-refractivity contribution in [3.63, 3.8) is 0 Å². The van der Waals surface area contributed by atoms with Crippen molar-refractivity contribution >= 4 is 16.9 Å². The van der Waals surface area contributed by atoms with Gasteiger partial charge in [0.15, 0.2) is 0 Å². The van der Waals surface area contributed by atoms with E-state index in [-0.39, 0.29) is 11.3 Å². The fraction of sp³-hybridized carbons (Fsp3) is 0.469. The smallest absolute Gasteiger partial charge is 0.493 e. The first-order valence-electron chi connectivity index (χ1n) is 14.4. The zero-order valence-electron chi connectivity index (χ0n) is 24.9. The fourth-order valence-electron chi connectivity index (χ4n) is 4.53. The maximum atomic E-state index is 14.2. The lowest BCUT2D eigenvalue weighted by Gasteiger charge is -2.26. The Morgan fingerprint density at radius 1 is 0.886 bits per heavy atom. The summed E-state index contributed by atoms with van der Waals surface area (Å²) in [6.07, 6.45) is -13.7. The molecule has 0 fully saturated rings. The van der Waals surface area contributed by atoms with Gasteiger partial charge in [0.25, 0.3) is 0 Å². The quantitative estimate of drug-likeness (QED) is 0.0462. The molecule has 0 aliphatic rings. The number of hydrogen-bond acceptors (Lipinski definition) is 5. The molecule has 3 rings (SSSR count). The highest BCUT2D eigenvalue weighted by atomic mass is 19.3. The number of aryl methyl sites for hydroxylation is 2. The molecule has 0 N–H and O–H groups in total. The van der Waals surface area contributed by atoms with Gasteiger partial charge < -0.3 is 14.0 Å². The number of ether oxygens (including phenoxy) is 4. The molecule has 3 aromatic rings. The van der Waals surface area contributed by atoms with Crippen molar-refractivity contribution < 1.29 is 50.1 Å². The molecule has 1 aromatic heterocycles. The summed E-state index contributed by atoms with van der Waals surface area (Å²) in [5, 5.41) is 0.913. The van der Waals surface area contributed by atoms with Gasteiger partial charge in [0.2, 0.25) is 0 Å². The van der Waals surface area contributed by atoms with Gasteiger partial charge in [-0.15, -0.1) is 8.78 Å². The second-order valence-electron chi connectivity index (χ2n) is 10.3. The molecule has 6 nitrogen and oxygen atoms in total. The van der Waals surface area contributed by atoms with Gasteiger partial charge in [-0.05, 0) is 43.5 Å². The van der Waals surface area contributed by atoms with E-state index in [4.69, 9.17) is 4.74 Å². The number of nitrogens with zero attached hydrogens (tertiary/aromatic N) is 1. The minimum atomic E-state index is -5.35. The van der Waals surface area contributed by atoms with E-state index in [1.165, 1.54) is 12.5 Å². The Labute approximate surface area is 252 Å². The number of benzene rings is 2. The largest absolute Gasteiger partial charge is 0.494 e. The number of aromatic nitrogens is 1. The van der Waals surface area contributed by atoms with Crippen LogP contribution in [0.1, 0.15) is 58.4 Å². The van der Waals surface area contributed by atoms with Gasteiger partial charge in [-0.1, -0.05) is 57.5 Å². The van der Waals surface area contributed by atoms with Crippen LogP contribution in [0, 0.1) is 0 Å². The molecule has 0 aliphatic carbocycles. The van der Waals surface area contributed by atoms with Crippen LogP contribution < -0.4 is 4.74 Å². The number of halogens is 6. The lowest BCUT2D eigenvalue weighted by molar-refractivity contribution is -0.514. The van der Waals surface area contributed by atoms with Crippen LogP contribution in [0.2, 0.25) is 0 Å². The minimum absolute atomic E-state index is 0.104. The summed E-state index contributed by atoms with van der Waals surface area (Å²) in [7, 11) is 0.